The van der Waals surface area contributed by atoms with Crippen molar-refractivity contribution in [2.45, 2.75) is 98.9 Å². The highest BCUT2D eigenvalue weighted by Crippen LogP contribution is 2.29. The predicted molar refractivity (Wildman–Crippen MR) is 141 cm³/mol. The van der Waals surface area contributed by atoms with Crippen molar-refractivity contribution in [3.63, 3.8) is 0 Å². The molecular formula is C28H45N3O4. The lowest BCUT2D eigenvalue weighted by atomic mass is 9.92. The van der Waals surface area contributed by atoms with Crippen molar-refractivity contribution in [3.8, 4) is 0 Å². The number of benzene rings is 1. The number of hydrogen-bond donors (Lipinski definition) is 2. The van der Waals surface area contributed by atoms with E-state index in [4.69, 9.17) is 4.74 Å². The van der Waals surface area contributed by atoms with Crippen molar-refractivity contribution in [1.29, 1.82) is 0 Å². The molecule has 0 saturated heterocycles. The van der Waals surface area contributed by atoms with Gasteiger partial charge in [0.15, 0.2) is 0 Å². The van der Waals surface area contributed by atoms with Gasteiger partial charge in [0.1, 0.15) is 17.7 Å². The van der Waals surface area contributed by atoms with Crippen LogP contribution in [0, 0.1) is 19.8 Å². The molecule has 3 amide bonds. The largest absolute Gasteiger partial charge is 0.444 e. The van der Waals surface area contributed by atoms with Crippen LogP contribution in [0.3, 0.4) is 0 Å². The van der Waals surface area contributed by atoms with Crippen LogP contribution in [0.5, 0.6) is 0 Å². The van der Waals surface area contributed by atoms with Crippen LogP contribution in [-0.4, -0.2) is 46.5 Å². The minimum Gasteiger partial charge on any atom is -0.444 e. The molecule has 0 aliphatic heterocycles. The molecule has 3 unspecified atom stereocenters. The molecule has 0 fully saturated rings. The normalized spacial score (nSPS) is 14.3. The molecule has 1 aromatic rings. The van der Waals surface area contributed by atoms with Gasteiger partial charge in [-0.1, -0.05) is 44.5 Å². The summed E-state index contributed by atoms with van der Waals surface area (Å²) in [4.78, 5) is 41.8. The van der Waals surface area contributed by atoms with Gasteiger partial charge >= 0.3 is 6.09 Å². The Balaban J connectivity index is 3.59. The third-order valence-electron chi connectivity index (χ3n) is 5.76. The molecule has 0 aliphatic carbocycles. The lowest BCUT2D eigenvalue weighted by Gasteiger charge is -2.37. The Kier molecular flexibility index (Phi) is 10.6. The number of aryl methyl sites for hydroxylation is 1. The van der Waals surface area contributed by atoms with Crippen LogP contribution in [0.2, 0.25) is 0 Å². The summed E-state index contributed by atoms with van der Waals surface area (Å²) in [5, 5.41) is 5.80. The SMILES string of the molecule is C=CCN(C(=O)C(NC(=O)OC(C)(C)C)C(C)CC)C(C(=O)NC(C)(C)C)c1cccc(C)c1C. The Morgan fingerprint density at radius 3 is 2.20 bits per heavy atom. The first-order chi connectivity index (χ1) is 16.0. The summed E-state index contributed by atoms with van der Waals surface area (Å²) >= 11 is 0. The van der Waals surface area contributed by atoms with Crippen LogP contribution in [0.15, 0.2) is 30.9 Å². The number of nitrogens with one attached hydrogen (secondary N) is 2. The highest BCUT2D eigenvalue weighted by molar-refractivity contribution is 5.93. The maximum atomic E-state index is 14.0. The number of hydrogen-bond acceptors (Lipinski definition) is 4. The second-order valence-electron chi connectivity index (χ2n) is 11.2. The quantitative estimate of drug-likeness (QED) is 0.468. The van der Waals surface area contributed by atoms with Gasteiger partial charge in [0.25, 0.3) is 0 Å². The second kappa shape index (κ2) is 12.2. The predicted octanol–water partition coefficient (Wildman–Crippen LogP) is 5.21. The van der Waals surface area contributed by atoms with Crippen molar-refractivity contribution in [2.75, 3.05) is 6.54 Å². The Hall–Kier alpha value is -2.83. The number of carbonyl (C=O) groups is 3. The van der Waals surface area contributed by atoms with E-state index in [-0.39, 0.29) is 24.3 Å². The number of rotatable bonds is 9. The molecule has 35 heavy (non-hydrogen) atoms. The summed E-state index contributed by atoms with van der Waals surface area (Å²) in [7, 11) is 0. The molecule has 1 aromatic carbocycles. The molecule has 0 spiro atoms. The van der Waals surface area contributed by atoms with Gasteiger partial charge in [0.2, 0.25) is 11.8 Å². The fourth-order valence-electron chi connectivity index (χ4n) is 3.72. The van der Waals surface area contributed by atoms with Gasteiger partial charge in [0, 0.05) is 12.1 Å². The number of ether oxygens (including phenoxy) is 1. The molecule has 0 radical (unpaired) electrons. The van der Waals surface area contributed by atoms with E-state index < -0.39 is 29.3 Å². The number of alkyl carbamates (subject to hydrolysis) is 1. The van der Waals surface area contributed by atoms with Crippen molar-refractivity contribution in [1.82, 2.24) is 15.5 Å². The van der Waals surface area contributed by atoms with E-state index >= 15 is 0 Å². The average molecular weight is 488 g/mol. The Morgan fingerprint density at radius 1 is 1.11 bits per heavy atom. The molecule has 0 bridgehead atoms. The molecule has 0 saturated carbocycles. The van der Waals surface area contributed by atoms with Gasteiger partial charge < -0.3 is 20.3 Å². The van der Waals surface area contributed by atoms with Crippen molar-refractivity contribution in [3.05, 3.63) is 47.5 Å². The molecule has 0 aromatic heterocycles. The van der Waals surface area contributed by atoms with Gasteiger partial charge in [-0.2, -0.15) is 0 Å². The number of amides is 3. The van der Waals surface area contributed by atoms with E-state index in [9.17, 15) is 14.4 Å². The first kappa shape index (κ1) is 30.2. The monoisotopic (exact) mass is 487 g/mol. The zero-order valence-electron chi connectivity index (χ0n) is 23.2. The van der Waals surface area contributed by atoms with Gasteiger partial charge in [0.05, 0.1) is 0 Å². The summed E-state index contributed by atoms with van der Waals surface area (Å²) in [6, 6.07) is 3.97. The molecule has 2 N–H and O–H groups in total. The fourth-order valence-corrected chi connectivity index (χ4v) is 3.72. The molecule has 7 heteroatoms. The van der Waals surface area contributed by atoms with E-state index in [0.717, 1.165) is 16.7 Å². The minimum atomic E-state index is -0.897. The standard InChI is InChI=1S/C28H45N3O4/c1-12-17-31(25(33)22(18(3)13-2)29-26(34)35-28(9,10)11)23(24(32)30-27(6,7)8)21-16-14-15-19(4)20(21)5/h12,14-16,18,22-23H,1,13,17H2,2-11H3,(H,29,34)(H,30,32). The molecule has 0 heterocycles. The van der Waals surface area contributed by atoms with Crippen molar-refractivity contribution >= 4 is 17.9 Å². The summed E-state index contributed by atoms with van der Waals surface area (Å²) in [5.74, 6) is -0.839. The highest BCUT2D eigenvalue weighted by Gasteiger charge is 2.39. The molecular weight excluding hydrogens is 442 g/mol. The summed E-state index contributed by atoms with van der Waals surface area (Å²) in [5.41, 5.74) is 1.49. The summed E-state index contributed by atoms with van der Waals surface area (Å²) in [6.45, 7) is 22.7. The summed E-state index contributed by atoms with van der Waals surface area (Å²) < 4.78 is 5.43. The topological polar surface area (TPSA) is 87.7 Å². The highest BCUT2D eigenvalue weighted by atomic mass is 16.6. The number of carbonyl (C=O) groups excluding carboxylic acids is 3. The van der Waals surface area contributed by atoms with Gasteiger partial charge in [-0.25, -0.2) is 4.79 Å². The molecule has 1 rings (SSSR count). The van der Waals surface area contributed by atoms with Crippen LogP contribution in [0.4, 0.5) is 4.79 Å². The lowest BCUT2D eigenvalue weighted by Crippen LogP contribution is -2.56. The van der Waals surface area contributed by atoms with E-state index in [1.54, 1.807) is 26.8 Å². The maximum absolute atomic E-state index is 14.0. The minimum absolute atomic E-state index is 0.136. The fraction of sp³-hybridized carbons (Fsp3) is 0.607. The van der Waals surface area contributed by atoms with Gasteiger partial charge in [-0.15, -0.1) is 6.58 Å². The second-order valence-corrected chi connectivity index (χ2v) is 11.2. The first-order valence-electron chi connectivity index (χ1n) is 12.3. The van der Waals surface area contributed by atoms with E-state index in [2.05, 4.69) is 17.2 Å². The zero-order valence-corrected chi connectivity index (χ0v) is 23.2. The molecule has 3 atom stereocenters. The van der Waals surface area contributed by atoms with E-state index in [1.165, 1.54) is 4.90 Å². The third-order valence-corrected chi connectivity index (χ3v) is 5.76. The smallest absolute Gasteiger partial charge is 0.408 e. The number of nitrogens with zero attached hydrogens (tertiary/aromatic N) is 1. The van der Waals surface area contributed by atoms with Crippen molar-refractivity contribution in [2.24, 2.45) is 5.92 Å². The molecule has 0 aliphatic rings. The Labute approximate surface area is 211 Å². The Bertz CT molecular complexity index is 912. The van der Waals surface area contributed by atoms with Crippen LogP contribution < -0.4 is 10.6 Å². The lowest BCUT2D eigenvalue weighted by molar-refractivity contribution is -0.143. The van der Waals surface area contributed by atoms with Crippen LogP contribution >= 0.6 is 0 Å². The van der Waals surface area contributed by atoms with Crippen LogP contribution in [0.1, 0.15) is 84.5 Å². The van der Waals surface area contributed by atoms with E-state index in [0.29, 0.717) is 6.42 Å². The van der Waals surface area contributed by atoms with Crippen molar-refractivity contribution < 1.29 is 19.1 Å². The van der Waals surface area contributed by atoms with E-state index in [1.807, 2.05) is 66.7 Å². The van der Waals surface area contributed by atoms with Crippen LogP contribution in [-0.2, 0) is 14.3 Å². The zero-order chi connectivity index (χ0) is 27.1. The third kappa shape index (κ3) is 9.04. The van der Waals surface area contributed by atoms with Gasteiger partial charge in [-0.3, -0.25) is 9.59 Å². The molecule has 196 valence electrons. The van der Waals surface area contributed by atoms with Gasteiger partial charge in [-0.05, 0) is 78.0 Å². The maximum Gasteiger partial charge on any atom is 0.408 e. The first-order valence-corrected chi connectivity index (χ1v) is 12.3. The molecule has 7 nitrogen and oxygen atoms in total. The summed E-state index contributed by atoms with van der Waals surface area (Å²) in [6.07, 6.45) is 1.58. The average Bonchev–Trinajstić information content (AvgIpc) is 2.71. The van der Waals surface area contributed by atoms with Crippen LogP contribution in [0.25, 0.3) is 0 Å². The Morgan fingerprint density at radius 2 is 1.71 bits per heavy atom.